The number of primary sulfonamides is 1. The first-order valence-corrected chi connectivity index (χ1v) is 12.2. The second-order valence-electron chi connectivity index (χ2n) is 6.29. The standard InChI is InChI=1S/C15H21N3O7S3/c1-11(19)25-7-4-18-13(10-17-2-5-24-6-3-17)8-12-9-14(27(16,20)21)26-15(12)28(18,22)23/h8-9H,2-7,10H2,1H3,(H2,16,20,21). The third-order valence-electron chi connectivity index (χ3n) is 4.24. The SMILES string of the molecule is CC(=O)OCCN1C(CN2CCOCC2)=Cc2cc(S(N)(=O)=O)sc2S1(=O)=O. The zero-order valence-corrected chi connectivity index (χ0v) is 17.6. The Hall–Kier alpha value is -1.51. The van der Waals surface area contributed by atoms with Gasteiger partial charge in [-0.1, -0.05) is 0 Å². The minimum absolute atomic E-state index is 0.0693. The molecule has 2 N–H and O–H groups in total. The highest BCUT2D eigenvalue weighted by molar-refractivity contribution is 7.94. The number of carbonyl (C=O) groups excluding carboxylic acids is 1. The maximum absolute atomic E-state index is 13.1. The zero-order chi connectivity index (χ0) is 20.5. The number of morpholine rings is 1. The molecule has 2 aliphatic heterocycles. The van der Waals surface area contributed by atoms with Crippen LogP contribution in [0.4, 0.5) is 0 Å². The molecule has 0 aliphatic carbocycles. The van der Waals surface area contributed by atoms with Crippen LogP contribution in [0, 0.1) is 0 Å². The lowest BCUT2D eigenvalue weighted by Crippen LogP contribution is -2.43. The second kappa shape index (κ2) is 8.08. The summed E-state index contributed by atoms with van der Waals surface area (Å²) in [5.74, 6) is -0.513. The lowest BCUT2D eigenvalue weighted by atomic mass is 10.2. The molecule has 2 aliphatic rings. The average molecular weight is 452 g/mol. The van der Waals surface area contributed by atoms with E-state index >= 15 is 0 Å². The van der Waals surface area contributed by atoms with Gasteiger partial charge in [0.15, 0.2) is 0 Å². The zero-order valence-electron chi connectivity index (χ0n) is 15.2. The number of rotatable bonds is 6. The van der Waals surface area contributed by atoms with Gasteiger partial charge in [-0.3, -0.25) is 14.0 Å². The molecule has 1 saturated heterocycles. The number of hydrogen-bond donors (Lipinski definition) is 1. The van der Waals surface area contributed by atoms with Crippen molar-refractivity contribution in [3.8, 4) is 0 Å². The summed E-state index contributed by atoms with van der Waals surface area (Å²) in [6.07, 6.45) is 1.64. The molecule has 0 amide bonds. The van der Waals surface area contributed by atoms with Crippen molar-refractivity contribution < 1.29 is 31.1 Å². The van der Waals surface area contributed by atoms with Gasteiger partial charge in [0, 0.05) is 37.8 Å². The molecule has 0 saturated carbocycles. The van der Waals surface area contributed by atoms with Crippen LogP contribution in [0.25, 0.3) is 6.08 Å². The Kier molecular flexibility index (Phi) is 6.12. The summed E-state index contributed by atoms with van der Waals surface area (Å²) in [6.45, 7) is 3.78. The summed E-state index contributed by atoms with van der Waals surface area (Å²) in [4.78, 5) is 13.1. The second-order valence-corrected chi connectivity index (χ2v) is 11.2. The van der Waals surface area contributed by atoms with E-state index in [2.05, 4.69) is 0 Å². The molecule has 3 rings (SSSR count). The third kappa shape index (κ3) is 4.55. The first-order valence-electron chi connectivity index (χ1n) is 8.42. The van der Waals surface area contributed by atoms with Crippen molar-refractivity contribution in [3.63, 3.8) is 0 Å². The fraction of sp³-hybridized carbons (Fsp3) is 0.533. The van der Waals surface area contributed by atoms with Crippen LogP contribution in [0.1, 0.15) is 12.5 Å². The number of sulfonamides is 2. The third-order valence-corrected chi connectivity index (χ3v) is 9.19. The van der Waals surface area contributed by atoms with Gasteiger partial charge in [0.1, 0.15) is 15.0 Å². The first kappa shape index (κ1) is 21.2. The molecule has 1 aromatic heterocycles. The summed E-state index contributed by atoms with van der Waals surface area (Å²) in [5, 5.41) is 5.16. The van der Waals surface area contributed by atoms with E-state index in [1.165, 1.54) is 13.0 Å². The van der Waals surface area contributed by atoms with Crippen molar-refractivity contribution in [2.75, 3.05) is 46.0 Å². The molecule has 0 radical (unpaired) electrons. The summed E-state index contributed by atoms with van der Waals surface area (Å²) in [5.41, 5.74) is 0.765. The molecule has 3 heterocycles. The Morgan fingerprint density at radius 2 is 2.04 bits per heavy atom. The normalized spacial score (nSPS) is 19.8. The van der Waals surface area contributed by atoms with E-state index in [0.29, 0.717) is 55.4 Å². The summed E-state index contributed by atoms with van der Waals surface area (Å²) in [7, 11) is -8.03. The topological polar surface area (TPSA) is 136 Å². The number of carbonyl (C=O) groups is 1. The van der Waals surface area contributed by atoms with Gasteiger partial charge in [0.25, 0.3) is 10.0 Å². The van der Waals surface area contributed by atoms with Gasteiger partial charge in [0.2, 0.25) is 10.0 Å². The molecular formula is C15H21N3O7S3. The monoisotopic (exact) mass is 451 g/mol. The molecule has 0 aromatic carbocycles. The number of esters is 1. The highest BCUT2D eigenvalue weighted by Crippen LogP contribution is 2.38. The van der Waals surface area contributed by atoms with Crippen LogP contribution in [-0.4, -0.2) is 78.0 Å². The molecular weight excluding hydrogens is 430 g/mol. The molecule has 0 atom stereocenters. The quantitative estimate of drug-likeness (QED) is 0.579. The van der Waals surface area contributed by atoms with Crippen LogP contribution in [0.3, 0.4) is 0 Å². The molecule has 0 spiro atoms. The van der Waals surface area contributed by atoms with Crippen molar-refractivity contribution >= 4 is 43.4 Å². The van der Waals surface area contributed by atoms with Crippen LogP contribution in [0.5, 0.6) is 0 Å². The van der Waals surface area contributed by atoms with E-state index in [0.717, 1.165) is 4.31 Å². The fourth-order valence-electron chi connectivity index (χ4n) is 2.96. The van der Waals surface area contributed by atoms with E-state index < -0.39 is 26.0 Å². The van der Waals surface area contributed by atoms with E-state index in [4.69, 9.17) is 14.6 Å². The molecule has 1 aromatic rings. The number of nitrogens with two attached hydrogens (primary N) is 1. The predicted octanol–water partition coefficient (Wildman–Crippen LogP) is -0.364. The van der Waals surface area contributed by atoms with E-state index in [1.54, 1.807) is 6.08 Å². The van der Waals surface area contributed by atoms with Crippen molar-refractivity contribution in [2.45, 2.75) is 15.3 Å². The highest BCUT2D eigenvalue weighted by atomic mass is 32.3. The molecule has 13 heteroatoms. The van der Waals surface area contributed by atoms with Gasteiger partial charge in [-0.2, -0.15) is 0 Å². The van der Waals surface area contributed by atoms with Gasteiger partial charge in [-0.05, 0) is 12.1 Å². The van der Waals surface area contributed by atoms with Gasteiger partial charge in [0.05, 0.1) is 19.8 Å². The Morgan fingerprint density at radius 3 is 2.64 bits per heavy atom. The Balaban J connectivity index is 1.97. The molecule has 1 fully saturated rings. The van der Waals surface area contributed by atoms with Gasteiger partial charge >= 0.3 is 5.97 Å². The maximum Gasteiger partial charge on any atom is 0.302 e. The Morgan fingerprint density at radius 1 is 1.36 bits per heavy atom. The number of hydrogen-bond acceptors (Lipinski definition) is 9. The molecule has 0 bridgehead atoms. The van der Waals surface area contributed by atoms with Crippen LogP contribution >= 0.6 is 11.3 Å². The molecule has 156 valence electrons. The summed E-state index contributed by atoms with van der Waals surface area (Å²) >= 11 is 0.612. The number of fused-ring (bicyclic) bond motifs is 1. The largest absolute Gasteiger partial charge is 0.464 e. The first-order chi connectivity index (χ1) is 13.1. The summed E-state index contributed by atoms with van der Waals surface area (Å²) in [6, 6.07) is 1.27. The molecule has 28 heavy (non-hydrogen) atoms. The van der Waals surface area contributed by atoms with Crippen LogP contribution in [0.15, 0.2) is 20.2 Å². The van der Waals surface area contributed by atoms with Crippen LogP contribution in [0.2, 0.25) is 0 Å². The Labute approximate surface area is 167 Å². The number of thiophene rings is 1. The maximum atomic E-state index is 13.1. The summed E-state index contributed by atoms with van der Waals surface area (Å²) < 4.78 is 60.7. The Bertz CT molecular complexity index is 992. The smallest absolute Gasteiger partial charge is 0.302 e. The average Bonchev–Trinajstić information content (AvgIpc) is 3.04. The van der Waals surface area contributed by atoms with E-state index in [1.807, 2.05) is 4.90 Å². The van der Waals surface area contributed by atoms with Crippen molar-refractivity contribution in [1.82, 2.24) is 9.21 Å². The van der Waals surface area contributed by atoms with Crippen molar-refractivity contribution in [3.05, 3.63) is 17.3 Å². The fourth-order valence-corrected chi connectivity index (χ4v) is 7.04. The van der Waals surface area contributed by atoms with Crippen molar-refractivity contribution in [2.24, 2.45) is 5.14 Å². The van der Waals surface area contributed by atoms with Gasteiger partial charge in [-0.15, -0.1) is 11.3 Å². The van der Waals surface area contributed by atoms with Crippen molar-refractivity contribution in [1.29, 1.82) is 0 Å². The van der Waals surface area contributed by atoms with E-state index in [9.17, 15) is 21.6 Å². The number of nitrogens with zero attached hydrogens (tertiary/aromatic N) is 2. The van der Waals surface area contributed by atoms with Gasteiger partial charge in [-0.25, -0.2) is 22.0 Å². The molecule has 0 unspecified atom stereocenters. The lowest BCUT2D eigenvalue weighted by Gasteiger charge is -2.34. The van der Waals surface area contributed by atoms with Crippen LogP contribution in [-0.2, 0) is 34.3 Å². The van der Waals surface area contributed by atoms with E-state index in [-0.39, 0.29) is 21.6 Å². The minimum atomic E-state index is -4.03. The number of ether oxygens (including phenoxy) is 2. The molecule has 10 nitrogen and oxygen atoms in total. The minimum Gasteiger partial charge on any atom is -0.464 e. The van der Waals surface area contributed by atoms with Crippen LogP contribution < -0.4 is 5.14 Å². The lowest BCUT2D eigenvalue weighted by molar-refractivity contribution is -0.141. The predicted molar refractivity (Wildman–Crippen MR) is 101 cm³/mol. The van der Waals surface area contributed by atoms with Gasteiger partial charge < -0.3 is 9.47 Å². The highest BCUT2D eigenvalue weighted by Gasteiger charge is 2.36.